The van der Waals surface area contributed by atoms with Gasteiger partial charge in [0.05, 0.1) is 4.75 Å². The van der Waals surface area contributed by atoms with Gasteiger partial charge in [-0.1, -0.05) is 13.3 Å². The van der Waals surface area contributed by atoms with E-state index >= 15 is 0 Å². The summed E-state index contributed by atoms with van der Waals surface area (Å²) >= 11 is 1.84. The van der Waals surface area contributed by atoms with Crippen LogP contribution in [0.3, 0.4) is 0 Å². The normalized spacial score (nSPS) is 22.6. The molecule has 6 heteroatoms. The van der Waals surface area contributed by atoms with Crippen LogP contribution in [0.5, 0.6) is 5.88 Å². The van der Waals surface area contributed by atoms with E-state index in [0.717, 1.165) is 38.1 Å². The van der Waals surface area contributed by atoms with Crippen LogP contribution >= 0.6 is 11.8 Å². The Labute approximate surface area is 134 Å². The van der Waals surface area contributed by atoms with E-state index in [9.17, 15) is 9.18 Å². The largest absolute Gasteiger partial charge is 0.471 e. The van der Waals surface area contributed by atoms with Gasteiger partial charge in [-0.3, -0.25) is 4.79 Å². The van der Waals surface area contributed by atoms with Crippen LogP contribution in [0.2, 0.25) is 0 Å². The fourth-order valence-corrected chi connectivity index (χ4v) is 4.55. The van der Waals surface area contributed by atoms with Gasteiger partial charge in [0.15, 0.2) is 5.82 Å². The molecule has 0 radical (unpaired) electrons. The third-order valence-corrected chi connectivity index (χ3v) is 5.81. The summed E-state index contributed by atoms with van der Waals surface area (Å²) in [5.74, 6) is 0.750. The summed E-state index contributed by atoms with van der Waals surface area (Å²) in [6, 6.07) is 2.91. The number of thioether (sulfide) groups is 1. The predicted molar refractivity (Wildman–Crippen MR) is 84.5 cm³/mol. The van der Waals surface area contributed by atoms with Crippen LogP contribution in [0.1, 0.15) is 32.6 Å². The van der Waals surface area contributed by atoms with Gasteiger partial charge in [-0.25, -0.2) is 9.37 Å². The Hall–Kier alpha value is -1.30. The van der Waals surface area contributed by atoms with Gasteiger partial charge in [-0.15, -0.1) is 11.8 Å². The van der Waals surface area contributed by atoms with Crippen molar-refractivity contribution >= 4 is 17.7 Å². The summed E-state index contributed by atoms with van der Waals surface area (Å²) in [7, 11) is 0. The zero-order chi connectivity index (χ0) is 15.6. The second kappa shape index (κ2) is 6.44. The van der Waals surface area contributed by atoms with E-state index in [1.54, 1.807) is 6.07 Å². The molecule has 0 aliphatic carbocycles. The lowest BCUT2D eigenvalue weighted by Crippen LogP contribution is -2.60. The van der Waals surface area contributed by atoms with Gasteiger partial charge in [0.25, 0.3) is 5.88 Å². The number of nitrogens with zero attached hydrogens (tertiary/aromatic N) is 2. The highest BCUT2D eigenvalue weighted by atomic mass is 32.2. The van der Waals surface area contributed by atoms with Crippen molar-refractivity contribution in [1.82, 2.24) is 9.88 Å². The number of hydrogen-bond acceptors (Lipinski definition) is 4. The zero-order valence-corrected chi connectivity index (χ0v) is 13.6. The lowest BCUT2D eigenvalue weighted by atomic mass is 9.92. The second-order valence-corrected chi connectivity index (χ2v) is 7.57. The molecular weight excluding hydrogens is 303 g/mol. The number of carbonyl (C=O) groups excluding carboxylic acids is 1. The number of ether oxygens (including phenoxy) is 1. The van der Waals surface area contributed by atoms with Crippen molar-refractivity contribution in [2.75, 3.05) is 18.8 Å². The Balaban J connectivity index is 1.50. The van der Waals surface area contributed by atoms with Crippen molar-refractivity contribution in [2.24, 2.45) is 0 Å². The van der Waals surface area contributed by atoms with E-state index in [4.69, 9.17) is 4.74 Å². The molecule has 3 rings (SSSR count). The first-order valence-corrected chi connectivity index (χ1v) is 8.79. The van der Waals surface area contributed by atoms with Crippen LogP contribution in [0.25, 0.3) is 0 Å². The van der Waals surface area contributed by atoms with Gasteiger partial charge < -0.3 is 9.64 Å². The van der Waals surface area contributed by atoms with Crippen LogP contribution in [0.4, 0.5) is 4.39 Å². The smallest absolute Gasteiger partial charge is 0.250 e. The summed E-state index contributed by atoms with van der Waals surface area (Å²) in [4.78, 5) is 17.8. The van der Waals surface area contributed by atoms with E-state index in [1.165, 1.54) is 12.3 Å². The molecule has 1 aromatic rings. The highest BCUT2D eigenvalue weighted by molar-refractivity contribution is 8.01. The molecule has 2 aliphatic rings. The Kier molecular flexibility index (Phi) is 4.57. The second-order valence-electron chi connectivity index (χ2n) is 6.08. The van der Waals surface area contributed by atoms with Crippen molar-refractivity contribution < 1.29 is 13.9 Å². The highest BCUT2D eigenvalue weighted by Crippen LogP contribution is 2.46. The molecule has 3 heterocycles. The number of halogens is 1. The minimum absolute atomic E-state index is 0.0257. The lowest BCUT2D eigenvalue weighted by Gasteiger charge is -2.47. The van der Waals surface area contributed by atoms with Crippen molar-refractivity contribution in [3.8, 4) is 5.88 Å². The number of pyridine rings is 1. The third kappa shape index (κ3) is 3.21. The Bertz CT molecular complexity index is 549. The van der Waals surface area contributed by atoms with Crippen molar-refractivity contribution in [3.05, 3.63) is 24.1 Å². The van der Waals surface area contributed by atoms with Gasteiger partial charge in [0.2, 0.25) is 5.91 Å². The van der Waals surface area contributed by atoms with Gasteiger partial charge in [-0.05, 0) is 18.6 Å². The van der Waals surface area contributed by atoms with E-state index in [-0.39, 0.29) is 22.6 Å². The van der Waals surface area contributed by atoms with Crippen LogP contribution in [-0.4, -0.2) is 45.5 Å². The predicted octanol–water partition coefficient (Wildman–Crippen LogP) is 2.88. The Morgan fingerprint density at radius 3 is 3.14 bits per heavy atom. The molecule has 0 saturated carbocycles. The lowest BCUT2D eigenvalue weighted by molar-refractivity contribution is -0.136. The maximum Gasteiger partial charge on any atom is 0.250 e. The topological polar surface area (TPSA) is 42.4 Å². The van der Waals surface area contributed by atoms with Crippen LogP contribution < -0.4 is 4.74 Å². The van der Waals surface area contributed by atoms with E-state index in [2.05, 4.69) is 11.9 Å². The first kappa shape index (κ1) is 15.6. The number of unbranched alkanes of at least 4 members (excludes halogenated alkanes) is 1. The molecule has 1 spiro atoms. The van der Waals surface area contributed by atoms with Gasteiger partial charge >= 0.3 is 0 Å². The molecule has 1 aromatic heterocycles. The molecule has 22 heavy (non-hydrogen) atoms. The average molecular weight is 324 g/mol. The van der Waals surface area contributed by atoms with Crippen molar-refractivity contribution in [2.45, 2.75) is 43.5 Å². The maximum absolute atomic E-state index is 13.6. The highest BCUT2D eigenvalue weighted by Gasteiger charge is 2.51. The molecule has 2 aliphatic heterocycles. The monoisotopic (exact) mass is 324 g/mol. The molecule has 1 atom stereocenters. The fourth-order valence-electron chi connectivity index (χ4n) is 3.03. The van der Waals surface area contributed by atoms with Crippen LogP contribution in [0.15, 0.2) is 18.3 Å². The summed E-state index contributed by atoms with van der Waals surface area (Å²) < 4.78 is 19.4. The number of hydrogen-bond donors (Lipinski definition) is 0. The fraction of sp³-hybridized carbons (Fsp3) is 0.625. The molecular formula is C16H21FN2O2S. The first-order valence-electron chi connectivity index (χ1n) is 7.81. The molecule has 0 unspecified atom stereocenters. The quantitative estimate of drug-likeness (QED) is 0.835. The minimum atomic E-state index is -0.418. The Morgan fingerprint density at radius 1 is 1.59 bits per heavy atom. The number of rotatable bonds is 5. The maximum atomic E-state index is 13.6. The Morgan fingerprint density at radius 2 is 2.41 bits per heavy atom. The minimum Gasteiger partial charge on any atom is -0.471 e. The first-order chi connectivity index (χ1) is 10.6. The number of aromatic nitrogens is 1. The van der Waals surface area contributed by atoms with E-state index in [0.29, 0.717) is 6.42 Å². The summed E-state index contributed by atoms with van der Waals surface area (Å²) in [5.41, 5.74) is 0. The van der Waals surface area contributed by atoms with E-state index in [1.807, 2.05) is 16.7 Å². The standard InChI is InChI=1S/C16H21FN2O2S/c1-2-3-6-14(20)19-10-16(11-19)8-12(9-22-16)21-15-13(17)5-4-7-18-15/h4-5,7,12H,2-3,6,8-11H2,1H3/t12-/m0/s1. The van der Waals surface area contributed by atoms with Crippen molar-refractivity contribution in [1.29, 1.82) is 0 Å². The third-order valence-electron chi connectivity index (χ3n) is 4.23. The van der Waals surface area contributed by atoms with Crippen molar-refractivity contribution in [3.63, 3.8) is 0 Å². The summed E-state index contributed by atoms with van der Waals surface area (Å²) in [5, 5.41) is 0. The molecule has 0 N–H and O–H groups in total. The molecule has 1 amide bonds. The van der Waals surface area contributed by atoms with Gasteiger partial charge in [0.1, 0.15) is 6.10 Å². The average Bonchev–Trinajstić information content (AvgIpc) is 2.90. The molecule has 0 aromatic carbocycles. The molecule has 2 fully saturated rings. The van der Waals surface area contributed by atoms with Crippen LogP contribution in [0, 0.1) is 5.82 Å². The zero-order valence-electron chi connectivity index (χ0n) is 12.8. The number of likely N-dealkylation sites (tertiary alicyclic amines) is 1. The molecule has 0 bridgehead atoms. The van der Waals surface area contributed by atoms with Crippen LogP contribution in [-0.2, 0) is 4.79 Å². The SMILES string of the molecule is CCCCC(=O)N1CC2(C[C@H](Oc3ncccc3F)CS2)C1. The van der Waals surface area contributed by atoms with E-state index < -0.39 is 5.82 Å². The summed E-state index contributed by atoms with van der Waals surface area (Å²) in [6.07, 6.45) is 5.02. The molecule has 2 saturated heterocycles. The molecule has 4 nitrogen and oxygen atoms in total. The summed E-state index contributed by atoms with van der Waals surface area (Å²) in [6.45, 7) is 3.69. The van der Waals surface area contributed by atoms with Gasteiger partial charge in [0, 0.05) is 37.9 Å². The van der Waals surface area contributed by atoms with Gasteiger partial charge in [-0.2, -0.15) is 0 Å². The number of amides is 1. The molecule has 120 valence electrons. The number of carbonyl (C=O) groups is 1.